The first-order valence-corrected chi connectivity index (χ1v) is 21.4. The molecule has 0 bridgehead atoms. The number of imide groups is 1. The molecule has 298 valence electrons. The van der Waals surface area contributed by atoms with Crippen LogP contribution in [0.4, 0.5) is 11.6 Å². The Hall–Kier alpha value is -4.80. The molecule has 11 heteroatoms. The van der Waals surface area contributed by atoms with Crippen molar-refractivity contribution in [3.63, 3.8) is 0 Å². The van der Waals surface area contributed by atoms with E-state index in [2.05, 4.69) is 79.3 Å². The van der Waals surface area contributed by atoms with Gasteiger partial charge in [-0.15, -0.1) is 0 Å². The minimum absolute atomic E-state index is 0.0289. The minimum atomic E-state index is -0.361. The number of hydrogen-bond donors (Lipinski definition) is 3. The van der Waals surface area contributed by atoms with Crippen LogP contribution in [0.5, 0.6) is 0 Å². The zero-order valence-electron chi connectivity index (χ0n) is 32.7. The maximum Gasteiger partial charge on any atom is 0.249 e. The number of carbonyl (C=O) groups excluding carboxylic acids is 3. The number of piperidine rings is 3. The molecule has 8 rings (SSSR count). The number of rotatable bonds is 11. The topological polar surface area (TPSA) is 120 Å². The van der Waals surface area contributed by atoms with Crippen molar-refractivity contribution in [3.8, 4) is 22.4 Å². The third kappa shape index (κ3) is 9.84. The van der Waals surface area contributed by atoms with Gasteiger partial charge in [0.1, 0.15) is 6.04 Å². The fourth-order valence-corrected chi connectivity index (χ4v) is 9.48. The fraction of sp³-hybridized carbons (Fsp3) is 0.457. The van der Waals surface area contributed by atoms with E-state index < -0.39 is 0 Å². The van der Waals surface area contributed by atoms with Crippen molar-refractivity contribution in [1.29, 1.82) is 0 Å². The summed E-state index contributed by atoms with van der Waals surface area (Å²) in [5.74, 6) is 1.68. The largest absolute Gasteiger partial charge is 0.374 e. The van der Waals surface area contributed by atoms with E-state index in [-0.39, 0.29) is 29.8 Å². The molecule has 57 heavy (non-hydrogen) atoms. The summed E-state index contributed by atoms with van der Waals surface area (Å²) in [7, 11) is 0. The van der Waals surface area contributed by atoms with Gasteiger partial charge in [-0.1, -0.05) is 78.7 Å². The molecule has 3 saturated heterocycles. The summed E-state index contributed by atoms with van der Waals surface area (Å²) in [6, 6.07) is 26.8. The highest BCUT2D eigenvalue weighted by atomic mass is 35.5. The van der Waals surface area contributed by atoms with Crippen molar-refractivity contribution >= 4 is 41.0 Å². The Balaban J connectivity index is 0.758. The number of aromatic nitrogens is 2. The number of nitrogens with one attached hydrogen (secondary N) is 3. The molecule has 3 unspecified atom stereocenters. The number of anilines is 2. The van der Waals surface area contributed by atoms with E-state index in [0.29, 0.717) is 47.2 Å². The van der Waals surface area contributed by atoms with Gasteiger partial charge >= 0.3 is 0 Å². The number of amides is 3. The highest BCUT2D eigenvalue weighted by Crippen LogP contribution is 2.34. The van der Waals surface area contributed by atoms with E-state index in [0.717, 1.165) is 106 Å². The van der Waals surface area contributed by atoms with Crippen LogP contribution in [0.2, 0.25) is 5.02 Å². The molecule has 0 radical (unpaired) electrons. The van der Waals surface area contributed by atoms with Gasteiger partial charge < -0.3 is 20.4 Å². The van der Waals surface area contributed by atoms with Gasteiger partial charge in [0, 0.05) is 42.7 Å². The summed E-state index contributed by atoms with van der Waals surface area (Å²) in [5.41, 5.74) is 6.16. The second-order valence-electron chi connectivity index (χ2n) is 16.5. The SMILES string of the molecule is O=C1CCC(Nc2ccc(C3CCN(CCC4CCN(C(=O)C5CCCC(Nc6ncc(Cl)c(-c7cccc(-c8ccccc8)c7)n6)C5)CC4)CC3)cc2)C(=O)N1. The van der Waals surface area contributed by atoms with E-state index >= 15 is 0 Å². The zero-order valence-corrected chi connectivity index (χ0v) is 33.4. The standard InChI is InChI=1S/C46H54ClN7O3/c47-40-30-48-46(52-43(40)36-9-4-8-35(28-36)32-6-2-1-3-7-32)50-39-11-5-10-37(29-39)45(57)54-26-19-31(20-27-54)18-23-53-24-21-34(22-25-53)33-12-14-38(15-13-33)49-41-16-17-42(55)51-44(41)56/h1-4,6-9,12-15,28,30-31,34,37,39,41,49H,5,10-11,16-27,29H2,(H,48,50,52)(H,51,55,56). The van der Waals surface area contributed by atoms with Gasteiger partial charge in [-0.2, -0.15) is 0 Å². The van der Waals surface area contributed by atoms with Crippen molar-refractivity contribution in [1.82, 2.24) is 25.1 Å². The van der Waals surface area contributed by atoms with Crippen LogP contribution >= 0.6 is 11.6 Å². The molecule has 3 N–H and O–H groups in total. The van der Waals surface area contributed by atoms with Crippen LogP contribution in [0, 0.1) is 11.8 Å². The Morgan fingerprint density at radius 1 is 0.807 bits per heavy atom. The van der Waals surface area contributed by atoms with Gasteiger partial charge in [0.2, 0.25) is 23.7 Å². The zero-order chi connectivity index (χ0) is 39.1. The number of nitrogens with zero attached hydrogens (tertiary/aromatic N) is 4. The first-order valence-electron chi connectivity index (χ1n) is 21.0. The Bertz CT molecular complexity index is 2010. The molecule has 3 aliphatic heterocycles. The van der Waals surface area contributed by atoms with E-state index in [4.69, 9.17) is 16.6 Å². The van der Waals surface area contributed by atoms with Gasteiger partial charge in [-0.3, -0.25) is 19.7 Å². The minimum Gasteiger partial charge on any atom is -0.374 e. The summed E-state index contributed by atoms with van der Waals surface area (Å²) < 4.78 is 0. The van der Waals surface area contributed by atoms with Crippen LogP contribution in [-0.4, -0.2) is 82.3 Å². The summed E-state index contributed by atoms with van der Waals surface area (Å²) in [5, 5.41) is 9.76. The monoisotopic (exact) mass is 787 g/mol. The van der Waals surface area contributed by atoms with Crippen LogP contribution < -0.4 is 16.0 Å². The highest BCUT2D eigenvalue weighted by Gasteiger charge is 2.33. The van der Waals surface area contributed by atoms with Crippen molar-refractivity contribution in [2.24, 2.45) is 11.8 Å². The van der Waals surface area contributed by atoms with Crippen molar-refractivity contribution < 1.29 is 14.4 Å². The predicted molar refractivity (Wildman–Crippen MR) is 226 cm³/mol. The molecule has 3 atom stereocenters. The maximum atomic E-state index is 13.8. The van der Waals surface area contributed by atoms with Gasteiger partial charge in [-0.25, -0.2) is 9.97 Å². The number of hydrogen-bond acceptors (Lipinski definition) is 8. The lowest BCUT2D eigenvalue weighted by molar-refractivity contribution is -0.138. The molecular weight excluding hydrogens is 734 g/mol. The summed E-state index contributed by atoms with van der Waals surface area (Å²) >= 11 is 6.63. The number of likely N-dealkylation sites (tertiary alicyclic amines) is 2. The molecule has 1 saturated carbocycles. The lowest BCUT2D eigenvalue weighted by Gasteiger charge is -2.38. The van der Waals surface area contributed by atoms with Crippen molar-refractivity contribution in [2.45, 2.75) is 88.6 Å². The third-order valence-corrected chi connectivity index (χ3v) is 13.0. The first-order chi connectivity index (χ1) is 27.8. The van der Waals surface area contributed by atoms with Gasteiger partial charge in [0.25, 0.3) is 0 Å². The molecule has 4 aliphatic rings. The summed E-state index contributed by atoms with van der Waals surface area (Å²) in [6.07, 6.45) is 12.0. The number of benzene rings is 3. The smallest absolute Gasteiger partial charge is 0.249 e. The van der Waals surface area contributed by atoms with E-state index in [1.165, 1.54) is 12.0 Å². The molecular formula is C46H54ClN7O3. The third-order valence-electron chi connectivity index (χ3n) is 12.7. The Labute approximate surface area is 341 Å². The van der Waals surface area contributed by atoms with Gasteiger partial charge in [-0.05, 0) is 124 Å². The lowest BCUT2D eigenvalue weighted by atomic mass is 9.84. The predicted octanol–water partition coefficient (Wildman–Crippen LogP) is 8.16. The first kappa shape index (κ1) is 39.0. The van der Waals surface area contributed by atoms with Crippen LogP contribution in [0.1, 0.15) is 82.1 Å². The normalized spacial score (nSPS) is 22.5. The van der Waals surface area contributed by atoms with Crippen LogP contribution in [0.3, 0.4) is 0 Å². The van der Waals surface area contributed by atoms with Crippen LogP contribution in [-0.2, 0) is 14.4 Å². The molecule has 4 fully saturated rings. The number of halogens is 1. The average molecular weight is 788 g/mol. The Kier molecular flexibility index (Phi) is 12.5. The van der Waals surface area contributed by atoms with E-state index in [9.17, 15) is 14.4 Å². The molecule has 0 spiro atoms. The Morgan fingerprint density at radius 3 is 2.33 bits per heavy atom. The Morgan fingerprint density at radius 2 is 1.56 bits per heavy atom. The van der Waals surface area contributed by atoms with Crippen molar-refractivity contribution in [3.05, 3.63) is 95.6 Å². The molecule has 1 aromatic heterocycles. The average Bonchev–Trinajstić information content (AvgIpc) is 3.25. The summed E-state index contributed by atoms with van der Waals surface area (Å²) in [6.45, 7) is 5.07. The second kappa shape index (κ2) is 18.2. The lowest BCUT2D eigenvalue weighted by Crippen LogP contribution is -2.47. The molecule has 4 heterocycles. The fourth-order valence-electron chi connectivity index (χ4n) is 9.28. The summed E-state index contributed by atoms with van der Waals surface area (Å²) in [4.78, 5) is 51.5. The van der Waals surface area contributed by atoms with E-state index in [1.54, 1.807) is 6.20 Å². The van der Waals surface area contributed by atoms with Crippen LogP contribution in [0.15, 0.2) is 85.1 Å². The highest BCUT2D eigenvalue weighted by molar-refractivity contribution is 6.32. The maximum absolute atomic E-state index is 13.8. The second-order valence-corrected chi connectivity index (χ2v) is 16.9. The number of carbonyl (C=O) groups is 3. The molecule has 3 amide bonds. The van der Waals surface area contributed by atoms with E-state index in [1.807, 2.05) is 30.3 Å². The molecule has 3 aromatic carbocycles. The van der Waals surface area contributed by atoms with Crippen LogP contribution in [0.25, 0.3) is 22.4 Å². The quantitative estimate of drug-likeness (QED) is 0.130. The van der Waals surface area contributed by atoms with Gasteiger partial charge in [0.05, 0.1) is 16.9 Å². The molecule has 4 aromatic rings. The van der Waals surface area contributed by atoms with Crippen molar-refractivity contribution in [2.75, 3.05) is 43.4 Å². The molecule has 1 aliphatic carbocycles. The van der Waals surface area contributed by atoms with Gasteiger partial charge in [0.15, 0.2) is 0 Å². The molecule has 10 nitrogen and oxygen atoms in total.